The lowest BCUT2D eigenvalue weighted by molar-refractivity contribution is -0.928. The van der Waals surface area contributed by atoms with Crippen LogP contribution < -0.4 is 10.5 Å². The molecule has 36 heavy (non-hydrogen) atoms. The number of likely N-dealkylation sites (tertiary alicyclic amines) is 1. The van der Waals surface area contributed by atoms with Crippen molar-refractivity contribution < 1.29 is 14.4 Å². The molecule has 0 amide bonds. The Morgan fingerprint density at radius 3 is 2.72 bits per heavy atom. The Balaban J connectivity index is 1.35. The first-order chi connectivity index (χ1) is 17.1. The van der Waals surface area contributed by atoms with Crippen molar-refractivity contribution in [1.82, 2.24) is 4.98 Å². The fourth-order valence-corrected chi connectivity index (χ4v) is 7.98. The molecule has 3 heterocycles. The summed E-state index contributed by atoms with van der Waals surface area (Å²) < 4.78 is 6.92. The fourth-order valence-electron chi connectivity index (χ4n) is 6.89. The summed E-state index contributed by atoms with van der Waals surface area (Å²) in [5.74, 6) is 0.198. The number of hydrogen-bond acceptors (Lipinski definition) is 5. The molecule has 2 bridgehead atoms. The second kappa shape index (κ2) is 8.54. The summed E-state index contributed by atoms with van der Waals surface area (Å²) in [5.41, 5.74) is 3.74. The first-order valence-electron chi connectivity index (χ1n) is 12.4. The highest BCUT2D eigenvalue weighted by atomic mass is 79.9. The van der Waals surface area contributed by atoms with Crippen LogP contribution in [0.5, 0.6) is 5.75 Å². The predicted molar refractivity (Wildman–Crippen MR) is 147 cm³/mol. The van der Waals surface area contributed by atoms with E-state index in [1.54, 1.807) is 6.07 Å². The van der Waals surface area contributed by atoms with Gasteiger partial charge in [-0.05, 0) is 42.2 Å². The maximum absolute atomic E-state index is 13.1. The van der Waals surface area contributed by atoms with Gasteiger partial charge < -0.3 is 14.4 Å². The first kappa shape index (κ1) is 23.9. The molecule has 0 radical (unpaired) electrons. The van der Waals surface area contributed by atoms with Crippen LogP contribution >= 0.6 is 27.3 Å². The van der Waals surface area contributed by atoms with E-state index in [1.165, 1.54) is 35.5 Å². The summed E-state index contributed by atoms with van der Waals surface area (Å²) in [5, 5.41) is 14.2. The van der Waals surface area contributed by atoms with Gasteiger partial charge in [-0.15, -0.1) is 11.3 Å². The minimum Gasteiger partial charge on any atom is -0.507 e. The van der Waals surface area contributed by atoms with Gasteiger partial charge in [0.1, 0.15) is 17.3 Å². The van der Waals surface area contributed by atoms with E-state index >= 15 is 0 Å². The lowest BCUT2D eigenvalue weighted by atomic mass is 9.65. The van der Waals surface area contributed by atoms with E-state index in [0.717, 1.165) is 33.2 Å². The number of thiazole rings is 1. The molecule has 7 heteroatoms. The van der Waals surface area contributed by atoms with Gasteiger partial charge in [0.15, 0.2) is 5.58 Å². The maximum Gasteiger partial charge on any atom is 0.346 e. The van der Waals surface area contributed by atoms with E-state index < -0.39 is 5.63 Å². The van der Waals surface area contributed by atoms with E-state index in [0.29, 0.717) is 39.6 Å². The minimum atomic E-state index is -0.422. The van der Waals surface area contributed by atoms with Crippen LogP contribution in [0.4, 0.5) is 0 Å². The molecule has 0 spiro atoms. The highest BCUT2D eigenvalue weighted by molar-refractivity contribution is 9.10. The van der Waals surface area contributed by atoms with Crippen molar-refractivity contribution in [3.63, 3.8) is 0 Å². The van der Waals surface area contributed by atoms with E-state index in [9.17, 15) is 9.90 Å². The van der Waals surface area contributed by atoms with Gasteiger partial charge in [-0.25, -0.2) is 9.78 Å². The summed E-state index contributed by atoms with van der Waals surface area (Å²) in [4.78, 5) is 19.4. The summed E-state index contributed by atoms with van der Waals surface area (Å²) >= 11 is 4.89. The highest BCUT2D eigenvalue weighted by Crippen LogP contribution is 2.47. The minimum absolute atomic E-state index is 0.198. The Hall–Kier alpha value is -2.48. The predicted octanol–water partition coefficient (Wildman–Crippen LogP) is 6.04. The molecule has 1 saturated heterocycles. The number of rotatable bonds is 4. The van der Waals surface area contributed by atoms with Crippen molar-refractivity contribution in [1.29, 1.82) is 0 Å². The number of benzene rings is 2. The van der Waals surface area contributed by atoms with Crippen molar-refractivity contribution >= 4 is 38.2 Å². The normalized spacial score (nSPS) is 24.9. The molecular weight excluding hydrogens is 536 g/mol. The standard InChI is InChI=1S/C29H29BrN2O3S/c1-28(2)11-20-12-29(3,15-28)16-32(20)13-22-24(33)9-6-18-10-21(27(34)35-25(18)22)26-31-23(14-36-26)17-4-7-19(30)8-5-17/h4-10,14,20,33H,11-13,15-16H2,1-3H3/p+1/t20-,29-/m1/s1. The number of phenolic OH excluding ortho intramolecular Hbond substituents is 1. The van der Waals surface area contributed by atoms with Gasteiger partial charge in [-0.3, -0.25) is 0 Å². The van der Waals surface area contributed by atoms with Crippen LogP contribution in [-0.2, 0) is 6.54 Å². The molecule has 2 aromatic heterocycles. The van der Waals surface area contributed by atoms with Crippen LogP contribution in [0.3, 0.4) is 0 Å². The molecule has 186 valence electrons. The zero-order valence-electron chi connectivity index (χ0n) is 20.7. The first-order valence-corrected chi connectivity index (χ1v) is 14.1. The number of quaternary nitrogens is 1. The van der Waals surface area contributed by atoms with Gasteiger partial charge in [-0.1, -0.05) is 48.8 Å². The molecular formula is C29H30BrN2O3S+. The van der Waals surface area contributed by atoms with E-state index in [2.05, 4.69) is 36.7 Å². The van der Waals surface area contributed by atoms with Gasteiger partial charge in [-0.2, -0.15) is 0 Å². The largest absolute Gasteiger partial charge is 0.507 e. The molecule has 5 nitrogen and oxygen atoms in total. The third-order valence-electron chi connectivity index (χ3n) is 7.93. The fraction of sp³-hybridized carbons (Fsp3) is 0.379. The van der Waals surface area contributed by atoms with Gasteiger partial charge in [0.05, 0.1) is 29.4 Å². The number of nitrogens with one attached hydrogen (secondary N) is 1. The Kier molecular flexibility index (Phi) is 5.67. The molecule has 6 rings (SSSR count). The third-order valence-corrected chi connectivity index (χ3v) is 9.34. The zero-order valence-corrected chi connectivity index (χ0v) is 23.1. The van der Waals surface area contributed by atoms with Crippen molar-refractivity contribution in [2.45, 2.75) is 52.6 Å². The van der Waals surface area contributed by atoms with Crippen molar-refractivity contribution in [2.24, 2.45) is 10.8 Å². The molecule has 1 unspecified atom stereocenters. The van der Waals surface area contributed by atoms with Crippen molar-refractivity contribution in [3.8, 4) is 27.6 Å². The molecule has 1 aliphatic heterocycles. The molecule has 2 aliphatic rings. The smallest absolute Gasteiger partial charge is 0.346 e. The monoisotopic (exact) mass is 565 g/mol. The van der Waals surface area contributed by atoms with Crippen LogP contribution in [0.25, 0.3) is 32.8 Å². The van der Waals surface area contributed by atoms with Gasteiger partial charge in [0, 0.05) is 39.1 Å². The van der Waals surface area contributed by atoms with E-state index in [1.807, 2.05) is 41.8 Å². The molecule has 2 N–H and O–H groups in total. The van der Waals surface area contributed by atoms with Crippen LogP contribution in [-0.4, -0.2) is 22.7 Å². The van der Waals surface area contributed by atoms with Gasteiger partial charge in [0.2, 0.25) is 0 Å². The van der Waals surface area contributed by atoms with Crippen molar-refractivity contribution in [2.75, 3.05) is 6.54 Å². The summed E-state index contributed by atoms with van der Waals surface area (Å²) in [6.45, 7) is 8.89. The lowest BCUT2D eigenvalue weighted by Crippen LogP contribution is -3.12. The Bertz CT molecular complexity index is 1520. The number of phenols is 1. The molecule has 4 aromatic rings. The van der Waals surface area contributed by atoms with E-state index in [-0.39, 0.29) is 5.75 Å². The second-order valence-electron chi connectivity index (χ2n) is 11.7. The van der Waals surface area contributed by atoms with Gasteiger partial charge >= 0.3 is 5.63 Å². The SMILES string of the molecule is CC1(C)C[C@@H]2C[C@@](C)(C[NH+]2Cc2c(O)ccc3cc(-c4nc(-c5ccc(Br)cc5)cs4)c(=O)oc23)C1. The number of fused-ring (bicyclic) bond motifs is 3. The summed E-state index contributed by atoms with van der Waals surface area (Å²) in [6, 6.07) is 13.9. The molecule has 2 fully saturated rings. The van der Waals surface area contributed by atoms with Crippen LogP contribution in [0.1, 0.15) is 45.6 Å². The third kappa shape index (κ3) is 4.31. The quantitative estimate of drug-likeness (QED) is 0.296. The summed E-state index contributed by atoms with van der Waals surface area (Å²) in [6.07, 6.45) is 3.63. The average molecular weight is 567 g/mol. The van der Waals surface area contributed by atoms with Crippen LogP contribution in [0.15, 0.2) is 61.5 Å². The lowest BCUT2D eigenvalue weighted by Gasteiger charge is -2.37. The molecule has 2 aromatic carbocycles. The Morgan fingerprint density at radius 1 is 1.17 bits per heavy atom. The Labute approximate surface area is 222 Å². The molecule has 1 aliphatic carbocycles. The average Bonchev–Trinajstić information content (AvgIpc) is 3.37. The zero-order chi connectivity index (χ0) is 25.2. The maximum atomic E-state index is 13.1. The van der Waals surface area contributed by atoms with Gasteiger partial charge in [0.25, 0.3) is 0 Å². The second-order valence-corrected chi connectivity index (χ2v) is 13.5. The van der Waals surface area contributed by atoms with Crippen LogP contribution in [0, 0.1) is 10.8 Å². The number of aromatic nitrogens is 1. The number of hydrogen-bond donors (Lipinski definition) is 2. The number of halogens is 1. The number of aromatic hydroxyl groups is 1. The topological polar surface area (TPSA) is 67.8 Å². The molecule has 1 saturated carbocycles. The highest BCUT2D eigenvalue weighted by Gasteiger charge is 2.52. The summed E-state index contributed by atoms with van der Waals surface area (Å²) in [7, 11) is 0. The molecule has 3 atom stereocenters. The Morgan fingerprint density at radius 2 is 1.94 bits per heavy atom. The van der Waals surface area contributed by atoms with E-state index in [4.69, 9.17) is 9.40 Å². The van der Waals surface area contributed by atoms with Crippen molar-refractivity contribution in [3.05, 3.63) is 68.3 Å². The number of nitrogens with zero attached hydrogens (tertiary/aromatic N) is 1. The van der Waals surface area contributed by atoms with Crippen LogP contribution in [0.2, 0.25) is 0 Å².